The fraction of sp³-hybridized carbons (Fsp3) is 0.0500. The third kappa shape index (κ3) is 2.27. The Labute approximate surface area is 152 Å². The Morgan fingerprint density at radius 1 is 0.962 bits per heavy atom. The first kappa shape index (κ1) is 15.0. The van der Waals surface area contributed by atoms with Gasteiger partial charge in [0.15, 0.2) is 0 Å². The van der Waals surface area contributed by atoms with Crippen LogP contribution in [-0.2, 0) is 6.54 Å². The molecule has 5 rings (SSSR count). The molecule has 5 nitrogen and oxygen atoms in total. The van der Waals surface area contributed by atoms with Gasteiger partial charge < -0.3 is 4.42 Å². The summed E-state index contributed by atoms with van der Waals surface area (Å²) in [5.74, 6) is -0.0208. The molecule has 1 aliphatic heterocycles. The predicted octanol–water partition coefficient (Wildman–Crippen LogP) is 4.35. The van der Waals surface area contributed by atoms with Gasteiger partial charge >= 0.3 is 0 Å². The van der Waals surface area contributed by atoms with E-state index in [1.807, 2.05) is 30.3 Å². The number of furan rings is 1. The van der Waals surface area contributed by atoms with Crippen LogP contribution in [0.15, 0.2) is 65.3 Å². The fourth-order valence-electron chi connectivity index (χ4n) is 3.12. The Bertz CT molecular complexity index is 1130. The molecule has 4 aromatic rings. The molecule has 2 aromatic carbocycles. The molecule has 0 fully saturated rings. The largest absolute Gasteiger partial charge is 0.467 e. The molecule has 6 heteroatoms. The van der Waals surface area contributed by atoms with Crippen molar-refractivity contribution >= 4 is 33.4 Å². The number of fused-ring (bicyclic) bond motifs is 2. The van der Waals surface area contributed by atoms with E-state index in [2.05, 4.69) is 4.98 Å². The lowest BCUT2D eigenvalue weighted by atomic mass is 10.1. The Morgan fingerprint density at radius 3 is 2.62 bits per heavy atom. The normalized spacial score (nSPS) is 13.6. The monoisotopic (exact) mass is 360 g/mol. The van der Waals surface area contributed by atoms with Crippen LogP contribution in [-0.4, -0.2) is 21.7 Å². The maximum atomic E-state index is 12.7. The zero-order chi connectivity index (χ0) is 17.7. The molecule has 0 spiro atoms. The van der Waals surface area contributed by atoms with Crippen LogP contribution >= 0.6 is 11.3 Å². The lowest BCUT2D eigenvalue weighted by Crippen LogP contribution is -2.28. The summed E-state index contributed by atoms with van der Waals surface area (Å²) in [5.41, 5.74) is 2.60. The van der Waals surface area contributed by atoms with E-state index in [9.17, 15) is 9.59 Å². The van der Waals surface area contributed by atoms with Gasteiger partial charge in [-0.05, 0) is 36.4 Å². The first-order valence-electron chi connectivity index (χ1n) is 8.09. The number of amides is 2. The average molecular weight is 360 g/mol. The first-order chi connectivity index (χ1) is 12.7. The maximum absolute atomic E-state index is 12.7. The highest BCUT2D eigenvalue weighted by Crippen LogP contribution is 2.33. The minimum atomic E-state index is -0.302. The third-order valence-electron chi connectivity index (χ3n) is 4.41. The van der Waals surface area contributed by atoms with Crippen LogP contribution < -0.4 is 0 Å². The molecule has 0 radical (unpaired) electrons. The van der Waals surface area contributed by atoms with Crippen molar-refractivity contribution < 1.29 is 14.0 Å². The number of para-hydroxylation sites is 1. The second-order valence-corrected chi connectivity index (χ2v) is 7.05. The van der Waals surface area contributed by atoms with Gasteiger partial charge in [0.1, 0.15) is 10.8 Å². The van der Waals surface area contributed by atoms with Gasteiger partial charge in [0, 0.05) is 5.56 Å². The SMILES string of the molecule is O=C1c2ccc(-c3nc4ccccc4s3)cc2C(=O)N1Cc1ccco1. The summed E-state index contributed by atoms with van der Waals surface area (Å²) < 4.78 is 6.35. The average Bonchev–Trinajstić information content (AvgIpc) is 3.37. The standard InChI is InChI=1S/C20H12N2O3S/c23-19-14-8-7-12(18-21-16-5-1-2-6-17(16)26-18)10-15(14)20(24)22(19)11-13-4-3-9-25-13/h1-10H,11H2. The third-order valence-corrected chi connectivity index (χ3v) is 5.49. The Kier molecular flexibility index (Phi) is 3.26. The molecule has 0 aliphatic carbocycles. The molecule has 2 aromatic heterocycles. The van der Waals surface area contributed by atoms with Crippen LogP contribution in [0, 0.1) is 0 Å². The van der Waals surface area contributed by atoms with Crippen LogP contribution in [0.4, 0.5) is 0 Å². The zero-order valence-electron chi connectivity index (χ0n) is 13.5. The molecule has 0 atom stereocenters. The number of aromatic nitrogens is 1. The van der Waals surface area contributed by atoms with Gasteiger partial charge in [-0.3, -0.25) is 14.5 Å². The number of benzene rings is 2. The smallest absolute Gasteiger partial charge is 0.261 e. The minimum absolute atomic E-state index is 0.135. The number of nitrogens with zero attached hydrogens (tertiary/aromatic N) is 2. The van der Waals surface area contributed by atoms with E-state index in [0.29, 0.717) is 16.9 Å². The van der Waals surface area contributed by atoms with Gasteiger partial charge in [-0.2, -0.15) is 0 Å². The molecule has 0 N–H and O–H groups in total. The molecular weight excluding hydrogens is 348 g/mol. The van der Waals surface area contributed by atoms with E-state index >= 15 is 0 Å². The zero-order valence-corrected chi connectivity index (χ0v) is 14.3. The molecule has 126 valence electrons. The topological polar surface area (TPSA) is 63.4 Å². The lowest BCUT2D eigenvalue weighted by Gasteiger charge is -2.11. The van der Waals surface area contributed by atoms with Gasteiger partial charge in [-0.15, -0.1) is 11.3 Å². The summed E-state index contributed by atoms with van der Waals surface area (Å²) in [4.78, 5) is 31.1. The number of hydrogen-bond acceptors (Lipinski definition) is 5. The van der Waals surface area contributed by atoms with E-state index in [1.54, 1.807) is 35.6 Å². The summed E-state index contributed by atoms with van der Waals surface area (Å²) in [6.45, 7) is 0.135. The number of rotatable bonds is 3. The van der Waals surface area contributed by atoms with Crippen LogP contribution in [0.1, 0.15) is 26.5 Å². The highest BCUT2D eigenvalue weighted by atomic mass is 32.1. The Balaban J connectivity index is 1.53. The van der Waals surface area contributed by atoms with Gasteiger partial charge in [0.05, 0.1) is 34.2 Å². The molecule has 1 aliphatic rings. The van der Waals surface area contributed by atoms with Crippen LogP contribution in [0.3, 0.4) is 0 Å². The van der Waals surface area contributed by atoms with Crippen LogP contribution in [0.2, 0.25) is 0 Å². The van der Waals surface area contributed by atoms with E-state index in [-0.39, 0.29) is 18.4 Å². The summed E-state index contributed by atoms with van der Waals surface area (Å²) in [6, 6.07) is 16.7. The van der Waals surface area contributed by atoms with Crippen molar-refractivity contribution in [2.24, 2.45) is 0 Å². The van der Waals surface area contributed by atoms with Crippen molar-refractivity contribution in [3.05, 3.63) is 77.7 Å². The molecular formula is C20H12N2O3S. The molecule has 0 unspecified atom stereocenters. The van der Waals surface area contributed by atoms with Crippen molar-refractivity contribution in [2.75, 3.05) is 0 Å². The maximum Gasteiger partial charge on any atom is 0.261 e. The van der Waals surface area contributed by atoms with E-state index in [4.69, 9.17) is 4.42 Å². The van der Waals surface area contributed by atoms with Crippen molar-refractivity contribution in [3.8, 4) is 10.6 Å². The summed E-state index contributed by atoms with van der Waals surface area (Å²) >= 11 is 1.57. The van der Waals surface area contributed by atoms with Gasteiger partial charge in [-0.25, -0.2) is 4.98 Å². The highest BCUT2D eigenvalue weighted by Gasteiger charge is 2.36. The molecule has 3 heterocycles. The van der Waals surface area contributed by atoms with Gasteiger partial charge in [-0.1, -0.05) is 18.2 Å². The summed E-state index contributed by atoms with van der Waals surface area (Å²) in [6.07, 6.45) is 1.53. The van der Waals surface area contributed by atoms with Crippen molar-refractivity contribution in [1.82, 2.24) is 9.88 Å². The lowest BCUT2D eigenvalue weighted by molar-refractivity contribution is 0.0631. The number of carbonyl (C=O) groups is 2. The first-order valence-corrected chi connectivity index (χ1v) is 8.91. The van der Waals surface area contributed by atoms with Crippen LogP contribution in [0.5, 0.6) is 0 Å². The molecule has 0 bridgehead atoms. The second kappa shape index (κ2) is 5.64. The van der Waals surface area contributed by atoms with E-state index < -0.39 is 0 Å². The second-order valence-electron chi connectivity index (χ2n) is 6.02. The van der Waals surface area contributed by atoms with Crippen molar-refractivity contribution in [3.63, 3.8) is 0 Å². The van der Waals surface area contributed by atoms with Crippen LogP contribution in [0.25, 0.3) is 20.8 Å². The molecule has 0 saturated carbocycles. The number of hydrogen-bond donors (Lipinski definition) is 0. The predicted molar refractivity (Wildman–Crippen MR) is 98.0 cm³/mol. The van der Waals surface area contributed by atoms with Gasteiger partial charge in [0.2, 0.25) is 0 Å². The van der Waals surface area contributed by atoms with Gasteiger partial charge in [0.25, 0.3) is 11.8 Å². The number of carbonyl (C=O) groups excluding carboxylic acids is 2. The van der Waals surface area contributed by atoms with E-state index in [1.165, 1.54) is 11.2 Å². The molecule has 26 heavy (non-hydrogen) atoms. The number of thiazole rings is 1. The Morgan fingerprint density at radius 2 is 1.81 bits per heavy atom. The summed E-state index contributed by atoms with van der Waals surface area (Å²) in [7, 11) is 0. The Hall–Kier alpha value is -3.25. The molecule has 0 saturated heterocycles. The fourth-order valence-corrected chi connectivity index (χ4v) is 4.08. The quantitative estimate of drug-likeness (QED) is 0.510. The summed E-state index contributed by atoms with van der Waals surface area (Å²) in [5, 5.41) is 0.832. The molecule has 2 amide bonds. The van der Waals surface area contributed by atoms with Crippen molar-refractivity contribution in [2.45, 2.75) is 6.54 Å². The minimum Gasteiger partial charge on any atom is -0.467 e. The van der Waals surface area contributed by atoms with Crippen molar-refractivity contribution in [1.29, 1.82) is 0 Å². The van der Waals surface area contributed by atoms with E-state index in [0.717, 1.165) is 20.8 Å². The highest BCUT2D eigenvalue weighted by molar-refractivity contribution is 7.21. The number of imide groups is 1.